The van der Waals surface area contributed by atoms with E-state index in [9.17, 15) is 4.79 Å². The number of carbonyl (C=O) groups is 1. The van der Waals surface area contributed by atoms with Crippen LogP contribution in [0.2, 0.25) is 0 Å². The lowest BCUT2D eigenvalue weighted by atomic mass is 10.1. The van der Waals surface area contributed by atoms with Gasteiger partial charge in [-0.3, -0.25) is 9.69 Å². The number of furan rings is 1. The van der Waals surface area contributed by atoms with Crippen molar-refractivity contribution < 1.29 is 9.21 Å². The van der Waals surface area contributed by atoms with Crippen LogP contribution in [-0.2, 0) is 0 Å². The predicted octanol–water partition coefficient (Wildman–Crippen LogP) is 3.46. The highest BCUT2D eigenvalue weighted by atomic mass is 16.3. The molecule has 0 radical (unpaired) electrons. The van der Waals surface area contributed by atoms with Crippen LogP contribution < -0.4 is 5.32 Å². The maximum atomic E-state index is 12.4. The first-order valence-electron chi connectivity index (χ1n) is 8.29. The summed E-state index contributed by atoms with van der Waals surface area (Å²) in [5.74, 6) is 1.82. The fraction of sp³-hybridized carbons (Fsp3) is 0.421. The number of rotatable bonds is 5. The Morgan fingerprint density at radius 1 is 1.13 bits per heavy atom. The van der Waals surface area contributed by atoms with E-state index in [-0.39, 0.29) is 11.9 Å². The molecule has 1 amide bonds. The summed E-state index contributed by atoms with van der Waals surface area (Å²) in [5.41, 5.74) is 1.86. The van der Waals surface area contributed by atoms with Gasteiger partial charge in [0.25, 0.3) is 5.91 Å². The van der Waals surface area contributed by atoms with Crippen LogP contribution in [0.3, 0.4) is 0 Å². The van der Waals surface area contributed by atoms with Crippen LogP contribution in [0.25, 0.3) is 0 Å². The first-order chi connectivity index (χ1) is 11.1. The van der Waals surface area contributed by atoms with Gasteiger partial charge in [0, 0.05) is 12.1 Å². The summed E-state index contributed by atoms with van der Waals surface area (Å²) in [6.45, 7) is 6.66. The summed E-state index contributed by atoms with van der Waals surface area (Å²) < 4.78 is 5.82. The number of benzene rings is 1. The molecule has 1 aromatic heterocycles. The number of likely N-dealkylation sites (tertiary alicyclic amines) is 1. The molecule has 1 fully saturated rings. The molecule has 1 N–H and O–H groups in total. The predicted molar refractivity (Wildman–Crippen MR) is 90.5 cm³/mol. The van der Waals surface area contributed by atoms with Gasteiger partial charge in [0.15, 0.2) is 0 Å². The first kappa shape index (κ1) is 15.8. The Kier molecular flexibility index (Phi) is 4.82. The summed E-state index contributed by atoms with van der Waals surface area (Å²) in [5, 5.41) is 3.06. The molecule has 122 valence electrons. The van der Waals surface area contributed by atoms with Crippen molar-refractivity contribution in [3.8, 4) is 0 Å². The summed E-state index contributed by atoms with van der Waals surface area (Å²) in [7, 11) is 0. The van der Waals surface area contributed by atoms with E-state index in [0.29, 0.717) is 12.1 Å². The van der Waals surface area contributed by atoms with E-state index in [0.717, 1.165) is 30.2 Å². The van der Waals surface area contributed by atoms with E-state index in [2.05, 4.69) is 10.2 Å². The Bertz CT molecular complexity index is 654. The second kappa shape index (κ2) is 7.01. The zero-order valence-corrected chi connectivity index (χ0v) is 13.8. The average molecular weight is 312 g/mol. The van der Waals surface area contributed by atoms with Crippen LogP contribution >= 0.6 is 0 Å². The molecule has 1 aromatic carbocycles. The van der Waals surface area contributed by atoms with Gasteiger partial charge in [-0.2, -0.15) is 0 Å². The van der Waals surface area contributed by atoms with E-state index in [1.54, 1.807) is 0 Å². The van der Waals surface area contributed by atoms with Gasteiger partial charge in [-0.05, 0) is 64.0 Å². The highest BCUT2D eigenvalue weighted by molar-refractivity contribution is 5.94. The van der Waals surface area contributed by atoms with Gasteiger partial charge < -0.3 is 9.73 Å². The van der Waals surface area contributed by atoms with Crippen molar-refractivity contribution >= 4 is 5.91 Å². The van der Waals surface area contributed by atoms with Gasteiger partial charge in [-0.25, -0.2) is 0 Å². The first-order valence-corrected chi connectivity index (χ1v) is 8.29. The third-order valence-corrected chi connectivity index (χ3v) is 4.44. The molecule has 0 saturated carbocycles. The Morgan fingerprint density at radius 3 is 2.43 bits per heavy atom. The number of nitrogens with zero attached hydrogens (tertiary/aromatic N) is 1. The van der Waals surface area contributed by atoms with Gasteiger partial charge in [0.2, 0.25) is 0 Å². The van der Waals surface area contributed by atoms with Crippen LogP contribution in [0.15, 0.2) is 40.8 Å². The molecule has 4 heteroatoms. The molecule has 0 unspecified atom stereocenters. The van der Waals surface area contributed by atoms with Crippen LogP contribution in [0, 0.1) is 13.8 Å². The van der Waals surface area contributed by atoms with Crippen LogP contribution in [0.5, 0.6) is 0 Å². The van der Waals surface area contributed by atoms with Crippen molar-refractivity contribution in [3.63, 3.8) is 0 Å². The van der Waals surface area contributed by atoms with Crippen molar-refractivity contribution in [1.82, 2.24) is 10.2 Å². The van der Waals surface area contributed by atoms with Gasteiger partial charge in [0.05, 0.1) is 6.04 Å². The topological polar surface area (TPSA) is 45.5 Å². The number of nitrogens with one attached hydrogen (secondary N) is 1. The van der Waals surface area contributed by atoms with E-state index >= 15 is 0 Å². The Labute approximate surface area is 137 Å². The van der Waals surface area contributed by atoms with E-state index in [1.165, 1.54) is 12.8 Å². The molecule has 3 rings (SSSR count). The van der Waals surface area contributed by atoms with Crippen LogP contribution in [0.1, 0.15) is 46.3 Å². The molecule has 0 aliphatic carbocycles. The molecule has 1 aliphatic rings. The number of hydrogen-bond acceptors (Lipinski definition) is 3. The highest BCUT2D eigenvalue weighted by Crippen LogP contribution is 2.26. The van der Waals surface area contributed by atoms with Gasteiger partial charge >= 0.3 is 0 Å². The van der Waals surface area contributed by atoms with Gasteiger partial charge in [0.1, 0.15) is 11.5 Å². The minimum atomic E-state index is -0.0301. The fourth-order valence-corrected chi connectivity index (χ4v) is 3.09. The van der Waals surface area contributed by atoms with E-state index < -0.39 is 0 Å². The van der Waals surface area contributed by atoms with Crippen molar-refractivity contribution in [1.29, 1.82) is 0 Å². The average Bonchev–Trinajstić information content (AvgIpc) is 3.20. The second-order valence-corrected chi connectivity index (χ2v) is 6.28. The number of amides is 1. The zero-order valence-electron chi connectivity index (χ0n) is 13.8. The van der Waals surface area contributed by atoms with Gasteiger partial charge in [-0.1, -0.05) is 17.7 Å². The third-order valence-electron chi connectivity index (χ3n) is 4.44. The van der Waals surface area contributed by atoms with E-state index in [4.69, 9.17) is 4.42 Å². The number of carbonyl (C=O) groups excluding carboxylic acids is 1. The lowest BCUT2D eigenvalue weighted by molar-refractivity contribution is 0.0933. The molecule has 23 heavy (non-hydrogen) atoms. The molecular weight excluding hydrogens is 288 g/mol. The molecule has 2 heterocycles. The quantitative estimate of drug-likeness (QED) is 0.919. The molecule has 0 spiro atoms. The lowest BCUT2D eigenvalue weighted by Gasteiger charge is -2.26. The van der Waals surface area contributed by atoms with Crippen molar-refractivity contribution in [2.75, 3.05) is 19.6 Å². The molecular formula is C19H24N2O2. The minimum absolute atomic E-state index is 0.0301. The molecule has 2 aromatic rings. The number of hydrogen-bond donors (Lipinski definition) is 1. The molecule has 0 bridgehead atoms. The maximum Gasteiger partial charge on any atom is 0.251 e. The largest absolute Gasteiger partial charge is 0.465 e. The Morgan fingerprint density at radius 2 is 1.83 bits per heavy atom. The summed E-state index contributed by atoms with van der Waals surface area (Å²) in [6.07, 6.45) is 2.42. The lowest BCUT2D eigenvalue weighted by Crippen LogP contribution is -2.36. The van der Waals surface area contributed by atoms with Crippen molar-refractivity contribution in [2.24, 2.45) is 0 Å². The van der Waals surface area contributed by atoms with E-state index in [1.807, 2.05) is 50.2 Å². The summed E-state index contributed by atoms with van der Waals surface area (Å²) in [4.78, 5) is 14.7. The molecule has 1 aliphatic heterocycles. The van der Waals surface area contributed by atoms with Gasteiger partial charge in [-0.15, -0.1) is 0 Å². The second-order valence-electron chi connectivity index (χ2n) is 6.28. The zero-order chi connectivity index (χ0) is 16.2. The van der Waals surface area contributed by atoms with Crippen molar-refractivity contribution in [2.45, 2.75) is 32.7 Å². The molecule has 4 nitrogen and oxygen atoms in total. The van der Waals surface area contributed by atoms with Crippen LogP contribution in [-0.4, -0.2) is 30.4 Å². The summed E-state index contributed by atoms with van der Waals surface area (Å²) >= 11 is 0. The summed E-state index contributed by atoms with van der Waals surface area (Å²) in [6, 6.07) is 11.8. The third kappa shape index (κ3) is 3.82. The molecule has 1 saturated heterocycles. The smallest absolute Gasteiger partial charge is 0.251 e. The fourth-order valence-electron chi connectivity index (χ4n) is 3.09. The highest BCUT2D eigenvalue weighted by Gasteiger charge is 2.26. The minimum Gasteiger partial charge on any atom is -0.465 e. The standard InChI is InChI=1S/C19H24N2O2/c1-14-5-8-16(9-6-14)19(22)20-13-17(21-11-3-4-12-21)18-10-7-15(2)23-18/h5-10,17H,3-4,11-13H2,1-2H3,(H,20,22)/t17-/m0/s1. The van der Waals surface area contributed by atoms with Crippen molar-refractivity contribution in [3.05, 3.63) is 59.0 Å². The monoisotopic (exact) mass is 312 g/mol. The van der Waals surface area contributed by atoms with Crippen LogP contribution in [0.4, 0.5) is 0 Å². The molecule has 1 atom stereocenters. The Hall–Kier alpha value is -2.07. The number of aryl methyl sites for hydroxylation is 2. The Balaban J connectivity index is 1.68. The maximum absolute atomic E-state index is 12.4. The SMILES string of the molecule is Cc1ccc(C(=O)NC[C@@H](c2ccc(C)o2)N2CCCC2)cc1. The normalized spacial score (nSPS) is 16.4.